The fraction of sp³-hybridized carbons (Fsp3) is 0.107. The lowest BCUT2D eigenvalue weighted by Gasteiger charge is -2.11. The van der Waals surface area contributed by atoms with E-state index in [2.05, 4.69) is 10.4 Å². The van der Waals surface area contributed by atoms with Gasteiger partial charge in [0.15, 0.2) is 0 Å². The van der Waals surface area contributed by atoms with Crippen LogP contribution in [0.15, 0.2) is 83.3 Å². The molecule has 38 heavy (non-hydrogen) atoms. The number of imide groups is 1. The average Bonchev–Trinajstić information content (AvgIpc) is 3.37. The molecule has 190 valence electrons. The van der Waals surface area contributed by atoms with Crippen molar-refractivity contribution in [2.45, 2.75) is 20.4 Å². The summed E-state index contributed by atoms with van der Waals surface area (Å²) in [7, 11) is 0. The van der Waals surface area contributed by atoms with Crippen LogP contribution in [0.25, 0.3) is 23.0 Å². The van der Waals surface area contributed by atoms with Crippen molar-refractivity contribution in [2.75, 3.05) is 0 Å². The number of nitro benzene ring substituents is 1. The summed E-state index contributed by atoms with van der Waals surface area (Å²) in [6.45, 7) is 3.72. The second-order valence-electron chi connectivity index (χ2n) is 8.93. The smallest absolute Gasteiger partial charge is 0.303 e. The molecule has 1 aromatic heterocycles. The Morgan fingerprint density at radius 2 is 1.68 bits per heavy atom. The van der Waals surface area contributed by atoms with E-state index in [0.29, 0.717) is 16.9 Å². The highest BCUT2D eigenvalue weighted by molar-refractivity contribution is 6.14. The number of hydrogen-bond donors (Lipinski definition) is 2. The van der Waals surface area contributed by atoms with E-state index in [0.717, 1.165) is 21.6 Å². The van der Waals surface area contributed by atoms with Crippen molar-refractivity contribution in [1.29, 1.82) is 0 Å². The van der Waals surface area contributed by atoms with Gasteiger partial charge < -0.3 is 5.32 Å². The molecule has 5 rings (SSSR count). The van der Waals surface area contributed by atoms with Gasteiger partial charge in [0.2, 0.25) is 0 Å². The number of non-ortho nitro benzene ring substituents is 1. The minimum atomic E-state index is -0.681. The summed E-state index contributed by atoms with van der Waals surface area (Å²) in [5.41, 5.74) is 3.86. The minimum absolute atomic E-state index is 0.0678. The first-order valence-corrected chi connectivity index (χ1v) is 11.8. The molecule has 1 aliphatic rings. The van der Waals surface area contributed by atoms with E-state index in [9.17, 15) is 24.5 Å². The monoisotopic (exact) mass is 509 g/mol. The van der Waals surface area contributed by atoms with Gasteiger partial charge in [-0.05, 0) is 42.7 Å². The number of carbonyl (C=O) groups excluding carboxylic acids is 2. The number of hydrogen-bond acceptors (Lipinski definition) is 5. The Kier molecular flexibility index (Phi) is 6.21. The maximum absolute atomic E-state index is 13.7. The van der Waals surface area contributed by atoms with Gasteiger partial charge in [-0.3, -0.25) is 29.7 Å². The van der Waals surface area contributed by atoms with E-state index in [1.54, 1.807) is 6.07 Å². The normalized spacial score (nSPS) is 14.3. The van der Waals surface area contributed by atoms with Crippen LogP contribution < -0.4 is 10.9 Å². The molecule has 2 heterocycles. The first kappa shape index (κ1) is 24.4. The number of carbonyl (C=O) groups is 2. The van der Waals surface area contributed by atoms with Crippen molar-refractivity contribution < 1.29 is 14.5 Å². The number of aromatic nitrogens is 2. The Balaban J connectivity index is 1.57. The third kappa shape index (κ3) is 4.39. The Hall–Kier alpha value is -5.25. The van der Waals surface area contributed by atoms with Gasteiger partial charge in [-0.25, -0.2) is 9.48 Å². The predicted molar refractivity (Wildman–Crippen MR) is 141 cm³/mol. The van der Waals surface area contributed by atoms with E-state index in [4.69, 9.17) is 0 Å². The SMILES string of the molecule is Cc1cccc(-n2[nH]c(-c3ccccc3)c(/C=C3\NC(=O)N(Cc4cccc([N+](=O)[O-])c4)C3=O)c2=O)c1C. The van der Waals surface area contributed by atoms with Crippen molar-refractivity contribution in [3.05, 3.63) is 121 Å². The number of aromatic amines is 1. The molecule has 0 unspecified atom stereocenters. The molecule has 1 saturated heterocycles. The summed E-state index contributed by atoms with van der Waals surface area (Å²) in [5.74, 6) is -0.639. The molecule has 2 N–H and O–H groups in total. The standard InChI is InChI=1S/C28H23N5O5/c1-17-8-6-13-24(18(17)2)32-26(34)22(25(30-32)20-10-4-3-5-11-20)15-23-27(35)31(28(36)29-23)16-19-9-7-12-21(14-19)33(37)38/h3-15,30H,16H2,1-2H3,(H,29,36)/b23-15-. The zero-order valence-electron chi connectivity index (χ0n) is 20.6. The molecule has 0 radical (unpaired) electrons. The molecule has 4 aromatic rings. The number of benzene rings is 3. The van der Waals surface area contributed by atoms with Crippen molar-refractivity contribution in [3.63, 3.8) is 0 Å². The molecule has 0 spiro atoms. The lowest BCUT2D eigenvalue weighted by atomic mass is 10.1. The maximum Gasteiger partial charge on any atom is 0.329 e. The van der Waals surface area contributed by atoms with Crippen LogP contribution in [0.2, 0.25) is 0 Å². The number of nitrogens with one attached hydrogen (secondary N) is 2. The number of H-pyrrole nitrogens is 1. The van der Waals surface area contributed by atoms with E-state index in [1.165, 1.54) is 29.0 Å². The van der Waals surface area contributed by atoms with Crippen LogP contribution in [0.3, 0.4) is 0 Å². The van der Waals surface area contributed by atoms with Gasteiger partial charge in [-0.2, -0.15) is 0 Å². The third-order valence-electron chi connectivity index (χ3n) is 6.52. The quantitative estimate of drug-likeness (QED) is 0.172. The van der Waals surface area contributed by atoms with Crippen molar-refractivity contribution in [2.24, 2.45) is 0 Å². The van der Waals surface area contributed by atoms with Gasteiger partial charge in [0.1, 0.15) is 5.70 Å². The summed E-state index contributed by atoms with van der Waals surface area (Å²) >= 11 is 0. The van der Waals surface area contributed by atoms with Crippen LogP contribution in [-0.2, 0) is 11.3 Å². The molecule has 0 atom stereocenters. The lowest BCUT2D eigenvalue weighted by Crippen LogP contribution is -2.30. The molecular weight excluding hydrogens is 486 g/mol. The molecule has 10 nitrogen and oxygen atoms in total. The van der Waals surface area contributed by atoms with Crippen molar-refractivity contribution in [3.8, 4) is 16.9 Å². The predicted octanol–water partition coefficient (Wildman–Crippen LogP) is 4.45. The van der Waals surface area contributed by atoms with E-state index < -0.39 is 16.9 Å². The van der Waals surface area contributed by atoms with Crippen LogP contribution in [0, 0.1) is 24.0 Å². The molecule has 1 aliphatic heterocycles. The molecular formula is C28H23N5O5. The molecule has 3 aromatic carbocycles. The minimum Gasteiger partial charge on any atom is -0.303 e. The highest BCUT2D eigenvalue weighted by atomic mass is 16.6. The Labute approximate surface area is 217 Å². The van der Waals surface area contributed by atoms with E-state index >= 15 is 0 Å². The Morgan fingerprint density at radius 1 is 0.947 bits per heavy atom. The highest BCUT2D eigenvalue weighted by Gasteiger charge is 2.34. The first-order chi connectivity index (χ1) is 18.2. The fourth-order valence-corrected chi connectivity index (χ4v) is 4.37. The van der Waals surface area contributed by atoms with E-state index in [-0.39, 0.29) is 29.1 Å². The Morgan fingerprint density at radius 3 is 2.42 bits per heavy atom. The number of aryl methyl sites for hydroxylation is 1. The zero-order valence-corrected chi connectivity index (χ0v) is 20.6. The van der Waals surface area contributed by atoms with Crippen molar-refractivity contribution in [1.82, 2.24) is 20.0 Å². The van der Waals surface area contributed by atoms with Gasteiger partial charge in [0, 0.05) is 17.7 Å². The summed E-state index contributed by atoms with van der Waals surface area (Å²) in [6.07, 6.45) is 1.37. The lowest BCUT2D eigenvalue weighted by molar-refractivity contribution is -0.384. The number of nitrogens with zero attached hydrogens (tertiary/aromatic N) is 3. The van der Waals surface area contributed by atoms with Crippen molar-refractivity contribution >= 4 is 23.7 Å². The summed E-state index contributed by atoms with van der Waals surface area (Å²) in [4.78, 5) is 51.1. The molecule has 3 amide bonds. The van der Waals surface area contributed by atoms with E-state index in [1.807, 2.05) is 62.4 Å². The fourth-order valence-electron chi connectivity index (χ4n) is 4.37. The van der Waals surface area contributed by atoms with Crippen LogP contribution in [0.5, 0.6) is 0 Å². The van der Waals surface area contributed by atoms with Crippen LogP contribution in [0.1, 0.15) is 22.3 Å². The molecule has 0 saturated carbocycles. The topological polar surface area (TPSA) is 130 Å². The number of urea groups is 1. The second kappa shape index (κ2) is 9.66. The zero-order chi connectivity index (χ0) is 27.0. The summed E-state index contributed by atoms with van der Waals surface area (Å²) in [6, 6.07) is 19.9. The van der Waals surface area contributed by atoms with Gasteiger partial charge in [0.25, 0.3) is 17.2 Å². The van der Waals surface area contributed by atoms with Gasteiger partial charge in [-0.15, -0.1) is 0 Å². The molecule has 1 fully saturated rings. The van der Waals surface area contributed by atoms with Gasteiger partial charge in [-0.1, -0.05) is 54.6 Å². The highest BCUT2D eigenvalue weighted by Crippen LogP contribution is 2.26. The number of nitro groups is 1. The molecule has 0 bridgehead atoms. The van der Waals surface area contributed by atoms with Gasteiger partial charge in [0.05, 0.1) is 28.4 Å². The first-order valence-electron chi connectivity index (χ1n) is 11.8. The van der Waals surface area contributed by atoms with Crippen LogP contribution in [-0.4, -0.2) is 31.5 Å². The molecule has 0 aliphatic carbocycles. The maximum atomic E-state index is 13.7. The van der Waals surface area contributed by atoms with Gasteiger partial charge >= 0.3 is 6.03 Å². The van der Waals surface area contributed by atoms with Crippen LogP contribution >= 0.6 is 0 Å². The third-order valence-corrected chi connectivity index (χ3v) is 6.52. The number of amides is 3. The Bertz CT molecular complexity index is 1680. The molecule has 10 heteroatoms. The largest absolute Gasteiger partial charge is 0.329 e. The second-order valence-corrected chi connectivity index (χ2v) is 8.93. The summed E-state index contributed by atoms with van der Waals surface area (Å²) in [5, 5.41) is 16.8. The number of rotatable bonds is 6. The average molecular weight is 510 g/mol. The summed E-state index contributed by atoms with van der Waals surface area (Å²) < 4.78 is 1.43. The van der Waals surface area contributed by atoms with Crippen LogP contribution in [0.4, 0.5) is 10.5 Å².